The highest BCUT2D eigenvalue weighted by molar-refractivity contribution is 7.89. The van der Waals surface area contributed by atoms with Gasteiger partial charge < -0.3 is 5.11 Å². The molecule has 1 aromatic carbocycles. The van der Waals surface area contributed by atoms with Gasteiger partial charge in [0.2, 0.25) is 10.0 Å². The van der Waals surface area contributed by atoms with E-state index in [1.807, 2.05) is 0 Å². The first kappa shape index (κ1) is 15.9. The monoisotopic (exact) mass is 334 g/mol. The molecule has 0 aliphatic carbocycles. The third kappa shape index (κ3) is 2.70. The fourth-order valence-corrected chi connectivity index (χ4v) is 5.06. The van der Waals surface area contributed by atoms with Gasteiger partial charge in [0.1, 0.15) is 4.90 Å². The number of pyridine rings is 1. The Hall–Kier alpha value is -1.99. The van der Waals surface area contributed by atoms with E-state index < -0.39 is 28.0 Å². The Morgan fingerprint density at radius 3 is 2.78 bits per heavy atom. The van der Waals surface area contributed by atoms with Gasteiger partial charge >= 0.3 is 5.97 Å². The van der Waals surface area contributed by atoms with Crippen molar-refractivity contribution < 1.29 is 18.3 Å². The molecule has 1 aliphatic heterocycles. The van der Waals surface area contributed by atoms with Gasteiger partial charge in [-0.1, -0.05) is 18.2 Å². The molecular weight excluding hydrogens is 316 g/mol. The van der Waals surface area contributed by atoms with Crippen LogP contribution in [0.5, 0.6) is 0 Å². The van der Waals surface area contributed by atoms with Gasteiger partial charge in [0.05, 0.1) is 11.4 Å². The lowest BCUT2D eigenvalue weighted by Gasteiger charge is -2.36. The highest BCUT2D eigenvalue weighted by Gasteiger charge is 2.40. The van der Waals surface area contributed by atoms with E-state index in [0.717, 1.165) is 5.39 Å². The molecule has 1 aliphatic rings. The fourth-order valence-electron chi connectivity index (χ4n) is 3.19. The summed E-state index contributed by atoms with van der Waals surface area (Å²) in [6, 6.07) is 8.00. The predicted molar refractivity (Wildman–Crippen MR) is 85.5 cm³/mol. The third-order valence-electron chi connectivity index (χ3n) is 4.43. The lowest BCUT2D eigenvalue weighted by molar-refractivity contribution is -0.144. The molecule has 23 heavy (non-hydrogen) atoms. The summed E-state index contributed by atoms with van der Waals surface area (Å²) in [5.41, 5.74) is 0.416. The smallest absolute Gasteiger partial charge is 0.308 e. The first-order valence-electron chi connectivity index (χ1n) is 7.51. The van der Waals surface area contributed by atoms with Gasteiger partial charge in [-0.15, -0.1) is 0 Å². The molecule has 7 heteroatoms. The first-order chi connectivity index (χ1) is 10.9. The number of aromatic nitrogens is 1. The molecule has 1 aromatic heterocycles. The number of sulfonamides is 1. The van der Waals surface area contributed by atoms with Gasteiger partial charge in [-0.25, -0.2) is 8.42 Å². The Balaban J connectivity index is 2.08. The maximum Gasteiger partial charge on any atom is 0.308 e. The summed E-state index contributed by atoms with van der Waals surface area (Å²) in [7, 11) is -3.80. The largest absolute Gasteiger partial charge is 0.481 e. The highest BCUT2D eigenvalue weighted by Crippen LogP contribution is 2.31. The lowest BCUT2D eigenvalue weighted by atomic mass is 9.92. The molecule has 3 rings (SSSR count). The number of hydrogen-bond donors (Lipinski definition) is 1. The minimum Gasteiger partial charge on any atom is -0.481 e. The van der Waals surface area contributed by atoms with Crippen LogP contribution in [0.25, 0.3) is 10.9 Å². The van der Waals surface area contributed by atoms with Crippen molar-refractivity contribution in [3.8, 4) is 0 Å². The number of hydrogen-bond acceptors (Lipinski definition) is 4. The third-order valence-corrected chi connectivity index (χ3v) is 6.45. The van der Waals surface area contributed by atoms with Crippen molar-refractivity contribution >= 4 is 26.9 Å². The Kier molecular flexibility index (Phi) is 4.08. The van der Waals surface area contributed by atoms with E-state index in [0.29, 0.717) is 24.9 Å². The van der Waals surface area contributed by atoms with Crippen LogP contribution in [0.2, 0.25) is 0 Å². The number of nitrogens with zero attached hydrogens (tertiary/aromatic N) is 2. The molecule has 1 fully saturated rings. The molecule has 1 N–H and O–H groups in total. The molecule has 2 atom stereocenters. The molecule has 0 amide bonds. The van der Waals surface area contributed by atoms with E-state index in [1.165, 1.54) is 10.4 Å². The quantitative estimate of drug-likeness (QED) is 0.929. The minimum atomic E-state index is -3.80. The highest BCUT2D eigenvalue weighted by atomic mass is 32.2. The summed E-state index contributed by atoms with van der Waals surface area (Å²) >= 11 is 0. The molecule has 6 nitrogen and oxygen atoms in total. The van der Waals surface area contributed by atoms with Crippen LogP contribution in [-0.4, -0.2) is 41.4 Å². The van der Waals surface area contributed by atoms with Crippen LogP contribution in [-0.2, 0) is 14.8 Å². The van der Waals surface area contributed by atoms with Gasteiger partial charge in [0.25, 0.3) is 0 Å². The predicted octanol–water partition coefficient (Wildman–Crippen LogP) is 2.11. The van der Waals surface area contributed by atoms with Crippen molar-refractivity contribution in [2.45, 2.75) is 30.7 Å². The number of para-hydroxylation sites is 1. The van der Waals surface area contributed by atoms with Crippen molar-refractivity contribution in [3.63, 3.8) is 0 Å². The SMILES string of the molecule is C[C@@H]1[C@H](C(=O)O)CCCN1S(=O)(=O)c1cccc2cccnc12. The second-order valence-electron chi connectivity index (χ2n) is 5.77. The maximum absolute atomic E-state index is 13.1. The zero-order valence-corrected chi connectivity index (χ0v) is 13.5. The standard InChI is InChI=1S/C16H18N2O4S/c1-11-13(16(19)20)7-4-10-18(11)23(21,22)14-8-2-5-12-6-3-9-17-15(12)14/h2-3,5-6,8-9,11,13H,4,7,10H2,1H3,(H,19,20)/t11-,13-/m1/s1. The van der Waals surface area contributed by atoms with Gasteiger partial charge in [-0.05, 0) is 31.9 Å². The van der Waals surface area contributed by atoms with E-state index in [4.69, 9.17) is 0 Å². The van der Waals surface area contributed by atoms with Crippen LogP contribution in [0, 0.1) is 5.92 Å². The van der Waals surface area contributed by atoms with Gasteiger partial charge in [-0.3, -0.25) is 9.78 Å². The molecular formula is C16H18N2O4S. The van der Waals surface area contributed by atoms with Crippen molar-refractivity contribution in [3.05, 3.63) is 36.5 Å². The van der Waals surface area contributed by atoms with Gasteiger partial charge in [-0.2, -0.15) is 4.31 Å². The van der Waals surface area contributed by atoms with E-state index in [2.05, 4.69) is 4.98 Å². The van der Waals surface area contributed by atoms with Gasteiger partial charge in [0, 0.05) is 24.2 Å². The van der Waals surface area contributed by atoms with E-state index in [9.17, 15) is 18.3 Å². The second-order valence-corrected chi connectivity index (χ2v) is 7.63. The average molecular weight is 334 g/mol. The lowest BCUT2D eigenvalue weighted by Crippen LogP contribution is -2.49. The number of carboxylic acid groups (broad SMARTS) is 1. The summed E-state index contributed by atoms with van der Waals surface area (Å²) in [4.78, 5) is 15.7. The van der Waals surface area contributed by atoms with Crippen LogP contribution < -0.4 is 0 Å². The number of piperidine rings is 1. The first-order valence-corrected chi connectivity index (χ1v) is 8.95. The topological polar surface area (TPSA) is 87.6 Å². The van der Waals surface area contributed by atoms with Crippen LogP contribution in [0.4, 0.5) is 0 Å². The maximum atomic E-state index is 13.1. The summed E-state index contributed by atoms with van der Waals surface area (Å²) in [6.45, 7) is 1.99. The molecule has 0 saturated carbocycles. The average Bonchev–Trinajstić information content (AvgIpc) is 2.54. The summed E-state index contributed by atoms with van der Waals surface area (Å²) in [6.07, 6.45) is 2.59. The van der Waals surface area contributed by atoms with Crippen LogP contribution in [0.15, 0.2) is 41.4 Å². The molecule has 1 saturated heterocycles. The van der Waals surface area contributed by atoms with Gasteiger partial charge in [0.15, 0.2) is 0 Å². The summed E-state index contributed by atoms with van der Waals surface area (Å²) < 4.78 is 27.4. The van der Waals surface area contributed by atoms with Crippen LogP contribution >= 0.6 is 0 Å². The second kappa shape index (κ2) is 5.90. The molecule has 0 radical (unpaired) electrons. The number of carboxylic acids is 1. The molecule has 2 aromatic rings. The zero-order valence-electron chi connectivity index (χ0n) is 12.7. The van der Waals surface area contributed by atoms with Crippen LogP contribution in [0.3, 0.4) is 0 Å². The van der Waals surface area contributed by atoms with E-state index in [-0.39, 0.29) is 4.90 Å². The van der Waals surface area contributed by atoms with Crippen molar-refractivity contribution in [2.24, 2.45) is 5.92 Å². The summed E-state index contributed by atoms with van der Waals surface area (Å²) in [5, 5.41) is 10.0. The Morgan fingerprint density at radius 1 is 1.30 bits per heavy atom. The molecule has 0 spiro atoms. The summed E-state index contributed by atoms with van der Waals surface area (Å²) in [5.74, 6) is -1.63. The van der Waals surface area contributed by atoms with Crippen molar-refractivity contribution in [1.82, 2.24) is 9.29 Å². The van der Waals surface area contributed by atoms with E-state index in [1.54, 1.807) is 37.4 Å². The normalized spacial score (nSPS) is 23.0. The molecule has 122 valence electrons. The number of fused-ring (bicyclic) bond motifs is 1. The number of rotatable bonds is 3. The Labute approximate surface area is 134 Å². The molecule has 0 unspecified atom stereocenters. The Bertz CT molecular complexity index is 845. The molecule has 2 heterocycles. The van der Waals surface area contributed by atoms with E-state index >= 15 is 0 Å². The fraction of sp³-hybridized carbons (Fsp3) is 0.375. The van der Waals surface area contributed by atoms with Crippen molar-refractivity contribution in [2.75, 3.05) is 6.54 Å². The Morgan fingerprint density at radius 2 is 2.04 bits per heavy atom. The zero-order chi connectivity index (χ0) is 16.6. The number of benzene rings is 1. The van der Waals surface area contributed by atoms with Crippen molar-refractivity contribution in [1.29, 1.82) is 0 Å². The minimum absolute atomic E-state index is 0.133. The number of carbonyl (C=O) groups is 1. The number of aliphatic carboxylic acids is 1. The van der Waals surface area contributed by atoms with Crippen LogP contribution in [0.1, 0.15) is 19.8 Å². The molecule has 0 bridgehead atoms.